The van der Waals surface area contributed by atoms with E-state index in [1.165, 1.54) is 11.3 Å². The van der Waals surface area contributed by atoms with Crippen LogP contribution in [0.3, 0.4) is 0 Å². The number of thiazole rings is 1. The van der Waals surface area contributed by atoms with Crippen LogP contribution in [0.1, 0.15) is 17.3 Å². The van der Waals surface area contributed by atoms with Gasteiger partial charge in [0.15, 0.2) is 6.04 Å². The molecule has 0 saturated heterocycles. The number of carbonyl (C=O) groups excluding carboxylic acids is 1. The summed E-state index contributed by atoms with van der Waals surface area (Å²) in [6.45, 7) is 0. The fraction of sp³-hybridized carbons (Fsp3) is 0.150. The van der Waals surface area contributed by atoms with Crippen LogP contribution in [0, 0.1) is 0 Å². The molecule has 1 atom stereocenters. The van der Waals surface area contributed by atoms with Crippen LogP contribution in [0.15, 0.2) is 60.0 Å². The van der Waals surface area contributed by atoms with Crippen LogP contribution < -0.4 is 10.1 Å². The van der Waals surface area contributed by atoms with E-state index in [2.05, 4.69) is 10.3 Å². The molecule has 1 unspecified atom stereocenters. The monoisotopic (exact) mass is 382 g/mol. The number of carboxylic acids is 1. The fourth-order valence-electron chi connectivity index (χ4n) is 2.56. The summed E-state index contributed by atoms with van der Waals surface area (Å²) < 4.78 is 5.14. The van der Waals surface area contributed by atoms with E-state index in [9.17, 15) is 14.7 Å². The molecule has 1 aromatic heterocycles. The van der Waals surface area contributed by atoms with Gasteiger partial charge < -0.3 is 15.2 Å². The molecule has 3 rings (SSSR count). The Morgan fingerprint density at radius 3 is 2.48 bits per heavy atom. The van der Waals surface area contributed by atoms with E-state index in [0.29, 0.717) is 11.3 Å². The van der Waals surface area contributed by atoms with Crippen molar-refractivity contribution in [3.63, 3.8) is 0 Å². The molecule has 0 aliphatic carbocycles. The molecule has 27 heavy (non-hydrogen) atoms. The first-order chi connectivity index (χ1) is 13.1. The van der Waals surface area contributed by atoms with Gasteiger partial charge in [0, 0.05) is 10.9 Å². The summed E-state index contributed by atoms with van der Waals surface area (Å²) in [5.41, 5.74) is 2.05. The minimum Gasteiger partial charge on any atom is -0.497 e. The van der Waals surface area contributed by atoms with Gasteiger partial charge in [-0.1, -0.05) is 30.3 Å². The number of rotatable bonds is 7. The van der Waals surface area contributed by atoms with Gasteiger partial charge in [-0.15, -0.1) is 11.3 Å². The molecule has 0 aliphatic rings. The molecule has 138 valence electrons. The highest BCUT2D eigenvalue weighted by atomic mass is 32.1. The largest absolute Gasteiger partial charge is 0.497 e. The average molecular weight is 382 g/mol. The third-order valence-electron chi connectivity index (χ3n) is 3.92. The van der Waals surface area contributed by atoms with Gasteiger partial charge in [0.25, 0.3) is 0 Å². The van der Waals surface area contributed by atoms with E-state index in [4.69, 9.17) is 4.74 Å². The van der Waals surface area contributed by atoms with E-state index in [0.717, 1.165) is 16.3 Å². The second-order valence-electron chi connectivity index (χ2n) is 5.80. The summed E-state index contributed by atoms with van der Waals surface area (Å²) in [7, 11) is 1.61. The van der Waals surface area contributed by atoms with E-state index in [1.54, 1.807) is 42.8 Å². The van der Waals surface area contributed by atoms with Crippen molar-refractivity contribution < 1.29 is 19.4 Å². The number of ether oxygens (including phenoxy) is 1. The van der Waals surface area contributed by atoms with Crippen molar-refractivity contribution in [1.29, 1.82) is 0 Å². The van der Waals surface area contributed by atoms with E-state index in [1.807, 2.05) is 24.3 Å². The van der Waals surface area contributed by atoms with E-state index < -0.39 is 17.9 Å². The number of carbonyl (C=O) groups is 2. The number of methoxy groups -OCH3 is 1. The topological polar surface area (TPSA) is 88.5 Å². The van der Waals surface area contributed by atoms with Gasteiger partial charge >= 0.3 is 5.97 Å². The molecule has 0 bridgehead atoms. The van der Waals surface area contributed by atoms with Crippen molar-refractivity contribution >= 4 is 23.2 Å². The van der Waals surface area contributed by atoms with Crippen molar-refractivity contribution in [1.82, 2.24) is 10.3 Å². The van der Waals surface area contributed by atoms with Crippen LogP contribution in [-0.2, 0) is 16.0 Å². The van der Waals surface area contributed by atoms with Crippen LogP contribution in [0.2, 0.25) is 0 Å². The molecule has 7 heteroatoms. The van der Waals surface area contributed by atoms with Crippen molar-refractivity contribution in [3.8, 4) is 16.3 Å². The third-order valence-corrected chi connectivity index (χ3v) is 4.86. The normalized spacial score (nSPS) is 11.6. The summed E-state index contributed by atoms with van der Waals surface area (Å²) >= 11 is 1.43. The summed E-state index contributed by atoms with van der Waals surface area (Å²) in [5.74, 6) is -0.736. The van der Waals surface area contributed by atoms with Crippen LogP contribution in [0.25, 0.3) is 10.6 Å². The Bertz CT molecular complexity index is 923. The highest BCUT2D eigenvalue weighted by Gasteiger charge is 2.22. The molecule has 6 nitrogen and oxygen atoms in total. The Kier molecular flexibility index (Phi) is 5.83. The number of benzene rings is 2. The first-order valence-corrected chi connectivity index (χ1v) is 9.10. The zero-order valence-electron chi connectivity index (χ0n) is 14.6. The minimum absolute atomic E-state index is 0.0171. The molecule has 1 heterocycles. The number of hydrogen-bond acceptors (Lipinski definition) is 5. The second-order valence-corrected chi connectivity index (χ2v) is 6.66. The first-order valence-electron chi connectivity index (χ1n) is 8.23. The van der Waals surface area contributed by atoms with Crippen LogP contribution in [-0.4, -0.2) is 29.1 Å². The lowest BCUT2D eigenvalue weighted by Crippen LogP contribution is -2.34. The number of nitrogens with zero attached hydrogens (tertiary/aromatic N) is 1. The molecule has 3 aromatic rings. The molecule has 2 N–H and O–H groups in total. The Morgan fingerprint density at radius 1 is 1.15 bits per heavy atom. The van der Waals surface area contributed by atoms with Gasteiger partial charge in [-0.2, -0.15) is 0 Å². The van der Waals surface area contributed by atoms with Gasteiger partial charge in [-0.05, 0) is 29.8 Å². The molecule has 0 spiro atoms. The molecular weight excluding hydrogens is 364 g/mol. The maximum absolute atomic E-state index is 12.3. The maximum Gasteiger partial charge on any atom is 0.330 e. The minimum atomic E-state index is -1.10. The van der Waals surface area contributed by atoms with Crippen molar-refractivity contribution in [2.24, 2.45) is 0 Å². The quantitative estimate of drug-likeness (QED) is 0.654. The highest BCUT2D eigenvalue weighted by molar-refractivity contribution is 7.13. The third kappa shape index (κ3) is 4.71. The summed E-state index contributed by atoms with van der Waals surface area (Å²) in [5, 5.41) is 14.5. The van der Waals surface area contributed by atoms with Gasteiger partial charge in [0.1, 0.15) is 10.8 Å². The lowest BCUT2D eigenvalue weighted by molar-refractivity contribution is -0.142. The predicted octanol–water partition coefficient (Wildman–Crippen LogP) is 3.30. The van der Waals surface area contributed by atoms with E-state index >= 15 is 0 Å². The van der Waals surface area contributed by atoms with Crippen molar-refractivity contribution in [2.45, 2.75) is 12.5 Å². The molecule has 0 radical (unpaired) electrons. The molecule has 0 aliphatic heterocycles. The highest BCUT2D eigenvalue weighted by Crippen LogP contribution is 2.26. The Balaban J connectivity index is 1.67. The summed E-state index contributed by atoms with van der Waals surface area (Å²) in [6.07, 6.45) is 0.0171. The molecule has 2 aromatic carbocycles. The number of carboxylic acid groups (broad SMARTS) is 1. The summed E-state index contributed by atoms with van der Waals surface area (Å²) in [6, 6.07) is 15.0. The Morgan fingerprint density at radius 2 is 1.85 bits per heavy atom. The second kappa shape index (κ2) is 8.46. The average Bonchev–Trinajstić information content (AvgIpc) is 3.15. The fourth-order valence-corrected chi connectivity index (χ4v) is 3.39. The number of amides is 1. The Hall–Kier alpha value is -3.19. The van der Waals surface area contributed by atoms with Crippen LogP contribution in [0.5, 0.6) is 5.75 Å². The number of aliphatic carboxylic acids is 1. The van der Waals surface area contributed by atoms with Gasteiger partial charge in [0.2, 0.25) is 5.91 Å². The molecule has 0 fully saturated rings. The standard InChI is InChI=1S/C20H18N2O4S/c1-26-16-9-7-14(8-10-16)19-21-15(12-27-19)11-17(23)22-18(20(24)25)13-5-3-2-4-6-13/h2-10,12,18H,11H2,1H3,(H,22,23)(H,24,25). The zero-order chi connectivity index (χ0) is 19.2. The van der Waals surface area contributed by atoms with Crippen molar-refractivity contribution in [3.05, 3.63) is 71.2 Å². The van der Waals surface area contributed by atoms with Gasteiger partial charge in [0.05, 0.1) is 19.2 Å². The molecule has 1 amide bonds. The number of hydrogen-bond donors (Lipinski definition) is 2. The van der Waals surface area contributed by atoms with Gasteiger partial charge in [-0.3, -0.25) is 4.79 Å². The molecule has 0 saturated carbocycles. The predicted molar refractivity (Wildman–Crippen MR) is 103 cm³/mol. The first kappa shape index (κ1) is 18.6. The van der Waals surface area contributed by atoms with Gasteiger partial charge in [-0.25, -0.2) is 9.78 Å². The van der Waals surface area contributed by atoms with Crippen LogP contribution in [0.4, 0.5) is 0 Å². The number of nitrogens with one attached hydrogen (secondary N) is 1. The molecular formula is C20H18N2O4S. The SMILES string of the molecule is COc1ccc(-c2nc(CC(=O)NC(C(=O)O)c3ccccc3)cs2)cc1. The zero-order valence-corrected chi connectivity index (χ0v) is 15.4. The summed E-state index contributed by atoms with van der Waals surface area (Å²) in [4.78, 5) is 28.3. The van der Waals surface area contributed by atoms with Crippen molar-refractivity contribution in [2.75, 3.05) is 7.11 Å². The lowest BCUT2D eigenvalue weighted by atomic mass is 10.1. The van der Waals surface area contributed by atoms with Crippen LogP contribution >= 0.6 is 11.3 Å². The van der Waals surface area contributed by atoms with E-state index in [-0.39, 0.29) is 6.42 Å². The number of aromatic nitrogens is 1. The smallest absolute Gasteiger partial charge is 0.330 e. The Labute approximate surface area is 160 Å². The lowest BCUT2D eigenvalue weighted by Gasteiger charge is -2.14. The maximum atomic E-state index is 12.3.